The molecule has 20 heavy (non-hydrogen) atoms. The van der Waals surface area contributed by atoms with Gasteiger partial charge in [-0.1, -0.05) is 32.3 Å². The molecule has 2 rings (SSSR count). The van der Waals surface area contributed by atoms with Gasteiger partial charge in [-0.3, -0.25) is 4.79 Å². The summed E-state index contributed by atoms with van der Waals surface area (Å²) in [6.07, 6.45) is 6.33. The molecule has 1 aromatic carbocycles. The van der Waals surface area contributed by atoms with E-state index in [2.05, 4.69) is 12.2 Å². The van der Waals surface area contributed by atoms with Crippen LogP contribution < -0.4 is 5.32 Å². The third kappa shape index (κ3) is 3.75. The maximum Gasteiger partial charge on any atom is 0.251 e. The number of carbonyl (C=O) groups is 1. The van der Waals surface area contributed by atoms with Crippen LogP contribution in [0.15, 0.2) is 18.2 Å². The van der Waals surface area contributed by atoms with E-state index >= 15 is 0 Å². The molecule has 1 aliphatic carbocycles. The molecule has 1 fully saturated rings. The predicted octanol–water partition coefficient (Wildman–Crippen LogP) is 3.65. The van der Waals surface area contributed by atoms with Crippen LogP contribution in [0.4, 0.5) is 0 Å². The normalized spacial score (nSPS) is 22.5. The summed E-state index contributed by atoms with van der Waals surface area (Å²) >= 11 is 0. The second kappa shape index (κ2) is 6.78. The summed E-state index contributed by atoms with van der Waals surface area (Å²) in [5.41, 5.74) is 1.22. The summed E-state index contributed by atoms with van der Waals surface area (Å²) in [7, 11) is 0. The SMILES string of the molecule is Cc1c(O)cccc1C(=O)NCCC1CCCC(C)C1. The minimum absolute atomic E-state index is 0.0812. The van der Waals surface area contributed by atoms with Crippen LogP contribution in [-0.2, 0) is 0 Å². The predicted molar refractivity (Wildman–Crippen MR) is 80.9 cm³/mol. The molecule has 0 aliphatic heterocycles. The van der Waals surface area contributed by atoms with E-state index in [1.807, 2.05) is 0 Å². The van der Waals surface area contributed by atoms with E-state index in [1.54, 1.807) is 25.1 Å². The second-order valence-electron chi connectivity index (χ2n) is 6.13. The maximum absolute atomic E-state index is 12.1. The molecule has 1 saturated carbocycles. The van der Waals surface area contributed by atoms with Gasteiger partial charge in [0.2, 0.25) is 0 Å². The van der Waals surface area contributed by atoms with E-state index in [0.29, 0.717) is 11.1 Å². The van der Waals surface area contributed by atoms with Crippen molar-refractivity contribution < 1.29 is 9.90 Å². The number of phenolic OH excluding ortho intramolecular Hbond substituents is 1. The molecule has 1 aliphatic rings. The number of hydrogen-bond acceptors (Lipinski definition) is 2. The summed E-state index contributed by atoms with van der Waals surface area (Å²) in [5.74, 6) is 1.68. The highest BCUT2D eigenvalue weighted by Crippen LogP contribution is 2.30. The van der Waals surface area contributed by atoms with Crippen molar-refractivity contribution in [2.45, 2.75) is 46.0 Å². The molecular formula is C17H25NO2. The molecule has 1 amide bonds. The summed E-state index contributed by atoms with van der Waals surface area (Å²) in [6.45, 7) is 4.82. The molecule has 2 N–H and O–H groups in total. The minimum atomic E-state index is -0.0812. The van der Waals surface area contributed by atoms with Crippen LogP contribution in [-0.4, -0.2) is 17.6 Å². The maximum atomic E-state index is 12.1. The van der Waals surface area contributed by atoms with Crippen LogP contribution >= 0.6 is 0 Å². The Balaban J connectivity index is 1.82. The Kier molecular flexibility index (Phi) is 5.05. The van der Waals surface area contributed by atoms with Crippen molar-refractivity contribution in [2.75, 3.05) is 6.54 Å². The summed E-state index contributed by atoms with van der Waals surface area (Å²) in [6, 6.07) is 5.07. The fourth-order valence-electron chi connectivity index (χ4n) is 3.18. The number of nitrogens with one attached hydrogen (secondary N) is 1. The van der Waals surface area contributed by atoms with Crippen LogP contribution in [0.5, 0.6) is 5.75 Å². The molecule has 2 unspecified atom stereocenters. The van der Waals surface area contributed by atoms with Crippen molar-refractivity contribution in [1.29, 1.82) is 0 Å². The van der Waals surface area contributed by atoms with Gasteiger partial charge in [0.05, 0.1) is 0 Å². The van der Waals surface area contributed by atoms with E-state index in [-0.39, 0.29) is 11.7 Å². The summed E-state index contributed by atoms with van der Waals surface area (Å²) in [5, 5.41) is 12.6. The zero-order valence-electron chi connectivity index (χ0n) is 12.5. The molecule has 3 heteroatoms. The Bertz CT molecular complexity index is 470. The Labute approximate surface area is 121 Å². The van der Waals surface area contributed by atoms with Crippen molar-refractivity contribution in [3.63, 3.8) is 0 Å². The standard InChI is InChI=1S/C17H25NO2/c1-12-5-3-6-14(11-12)9-10-18-17(20)15-7-4-8-16(19)13(15)2/h4,7-8,12,14,19H,3,5-6,9-11H2,1-2H3,(H,18,20). The lowest BCUT2D eigenvalue weighted by Crippen LogP contribution is -2.27. The molecule has 0 aromatic heterocycles. The number of phenols is 1. The number of aromatic hydroxyl groups is 1. The molecule has 1 aromatic rings. The number of hydrogen-bond donors (Lipinski definition) is 2. The van der Waals surface area contributed by atoms with Gasteiger partial charge in [0.15, 0.2) is 0 Å². The first kappa shape index (κ1) is 14.9. The first-order valence-electron chi connectivity index (χ1n) is 7.64. The Hall–Kier alpha value is -1.51. The Morgan fingerprint density at radius 2 is 2.20 bits per heavy atom. The lowest BCUT2D eigenvalue weighted by molar-refractivity contribution is 0.0948. The van der Waals surface area contributed by atoms with Crippen LogP contribution in [0.2, 0.25) is 0 Å². The van der Waals surface area contributed by atoms with Crippen molar-refractivity contribution in [1.82, 2.24) is 5.32 Å². The van der Waals surface area contributed by atoms with E-state index in [0.717, 1.165) is 24.8 Å². The highest BCUT2D eigenvalue weighted by molar-refractivity contribution is 5.96. The second-order valence-corrected chi connectivity index (χ2v) is 6.13. The minimum Gasteiger partial charge on any atom is -0.508 e. The Morgan fingerprint density at radius 1 is 1.40 bits per heavy atom. The summed E-state index contributed by atoms with van der Waals surface area (Å²) in [4.78, 5) is 12.1. The van der Waals surface area contributed by atoms with Crippen LogP contribution in [0.1, 0.15) is 54.9 Å². The molecule has 0 radical (unpaired) electrons. The van der Waals surface area contributed by atoms with Crippen LogP contribution in [0, 0.1) is 18.8 Å². The van der Waals surface area contributed by atoms with Gasteiger partial charge in [0.1, 0.15) is 5.75 Å². The smallest absolute Gasteiger partial charge is 0.251 e. The average Bonchev–Trinajstić information content (AvgIpc) is 2.42. The van der Waals surface area contributed by atoms with Gasteiger partial charge in [-0.05, 0) is 43.7 Å². The van der Waals surface area contributed by atoms with E-state index in [4.69, 9.17) is 0 Å². The lowest BCUT2D eigenvalue weighted by Gasteiger charge is -2.26. The number of amides is 1. The zero-order chi connectivity index (χ0) is 14.5. The Morgan fingerprint density at radius 3 is 2.95 bits per heavy atom. The molecule has 0 spiro atoms. The van der Waals surface area contributed by atoms with Crippen LogP contribution in [0.3, 0.4) is 0 Å². The largest absolute Gasteiger partial charge is 0.508 e. The summed E-state index contributed by atoms with van der Waals surface area (Å²) < 4.78 is 0. The van der Waals surface area contributed by atoms with E-state index in [9.17, 15) is 9.90 Å². The van der Waals surface area contributed by atoms with E-state index < -0.39 is 0 Å². The third-order valence-electron chi connectivity index (χ3n) is 4.43. The van der Waals surface area contributed by atoms with Gasteiger partial charge in [0.25, 0.3) is 5.91 Å². The molecule has 0 saturated heterocycles. The van der Waals surface area contributed by atoms with E-state index in [1.165, 1.54) is 25.7 Å². The molecule has 110 valence electrons. The topological polar surface area (TPSA) is 49.3 Å². The van der Waals surface area contributed by atoms with Crippen molar-refractivity contribution in [3.8, 4) is 5.75 Å². The van der Waals surface area contributed by atoms with Gasteiger partial charge in [0, 0.05) is 17.7 Å². The van der Waals surface area contributed by atoms with Crippen molar-refractivity contribution >= 4 is 5.91 Å². The van der Waals surface area contributed by atoms with Crippen molar-refractivity contribution in [3.05, 3.63) is 29.3 Å². The fourth-order valence-corrected chi connectivity index (χ4v) is 3.18. The van der Waals surface area contributed by atoms with Gasteiger partial charge in [-0.15, -0.1) is 0 Å². The quantitative estimate of drug-likeness (QED) is 0.881. The lowest BCUT2D eigenvalue weighted by atomic mass is 9.81. The zero-order valence-corrected chi connectivity index (χ0v) is 12.5. The molecular weight excluding hydrogens is 250 g/mol. The first-order chi connectivity index (χ1) is 9.58. The number of rotatable bonds is 4. The third-order valence-corrected chi connectivity index (χ3v) is 4.43. The van der Waals surface area contributed by atoms with Gasteiger partial charge >= 0.3 is 0 Å². The molecule has 3 nitrogen and oxygen atoms in total. The highest BCUT2D eigenvalue weighted by Gasteiger charge is 2.19. The molecule has 0 heterocycles. The van der Waals surface area contributed by atoms with Gasteiger partial charge in [-0.2, -0.15) is 0 Å². The first-order valence-corrected chi connectivity index (χ1v) is 7.64. The molecule has 2 atom stereocenters. The fraction of sp³-hybridized carbons (Fsp3) is 0.588. The van der Waals surface area contributed by atoms with Crippen molar-refractivity contribution in [2.24, 2.45) is 11.8 Å². The van der Waals surface area contributed by atoms with Gasteiger partial charge in [-0.25, -0.2) is 0 Å². The highest BCUT2D eigenvalue weighted by atomic mass is 16.3. The number of carbonyl (C=O) groups excluding carboxylic acids is 1. The molecule has 0 bridgehead atoms. The number of benzene rings is 1. The average molecular weight is 275 g/mol. The van der Waals surface area contributed by atoms with Crippen LogP contribution in [0.25, 0.3) is 0 Å². The monoisotopic (exact) mass is 275 g/mol. The van der Waals surface area contributed by atoms with Gasteiger partial charge < -0.3 is 10.4 Å².